The second kappa shape index (κ2) is 30.0. The predicted molar refractivity (Wildman–Crippen MR) is 282 cm³/mol. The molecule has 0 bridgehead atoms. The minimum atomic E-state index is -0.863. The first-order chi connectivity index (χ1) is 34.5. The molecule has 8 atom stereocenters. The van der Waals surface area contributed by atoms with E-state index in [-0.39, 0.29) is 12.7 Å². The van der Waals surface area contributed by atoms with Crippen molar-refractivity contribution in [3.63, 3.8) is 0 Å². The monoisotopic (exact) mass is 976 g/mol. The van der Waals surface area contributed by atoms with Gasteiger partial charge in [-0.2, -0.15) is 0 Å². The van der Waals surface area contributed by atoms with E-state index in [9.17, 15) is 4.79 Å². The Morgan fingerprint density at radius 1 is 0.592 bits per heavy atom. The fourth-order valence-corrected chi connectivity index (χ4v) is 9.47. The van der Waals surface area contributed by atoms with Gasteiger partial charge < -0.3 is 43.2 Å². The van der Waals surface area contributed by atoms with Gasteiger partial charge in [0.1, 0.15) is 42.2 Å². The summed E-state index contributed by atoms with van der Waals surface area (Å²) in [6, 6.07) is 39.9. The van der Waals surface area contributed by atoms with Crippen LogP contribution in [0.1, 0.15) is 147 Å². The smallest absolute Gasteiger partial charge is 0.408 e. The van der Waals surface area contributed by atoms with Crippen molar-refractivity contribution in [1.29, 1.82) is 0 Å². The van der Waals surface area contributed by atoms with Crippen LogP contribution in [0.2, 0.25) is 0 Å². The van der Waals surface area contributed by atoms with E-state index >= 15 is 0 Å². The molecule has 1 N–H and O–H groups in total. The highest BCUT2D eigenvalue weighted by Crippen LogP contribution is 2.35. The standard InChI is InChI=1S/C61H85NO9/c1-7-8-9-10-11-12-13-14-15-16-17-30-39-53-55(70-61(5,6)69-53)51(62-59(63)71-60(2,3)4)40-41-52-56(65-43-48-33-24-19-25-34-48)58(67-45-50-37-28-21-29-38-50)57(66-44-49-35-26-20-27-36-49)54(68-52)46-64-42-47-31-22-18-23-32-47/h18-29,31-38,40-41,51-58H,7-17,30,39,42-46H2,1-6H3,(H,62,63)/b41-40+/t51-,52+,53+,54?,55-,56?,57-,58+/m0/s1. The first-order valence-corrected chi connectivity index (χ1v) is 26.7. The number of benzene rings is 4. The normalized spacial score (nSPS) is 22.6. The Hall–Kier alpha value is -4.39. The van der Waals surface area contributed by atoms with Crippen molar-refractivity contribution in [3.05, 3.63) is 156 Å². The maximum Gasteiger partial charge on any atom is 0.408 e. The van der Waals surface area contributed by atoms with Crippen molar-refractivity contribution in [2.24, 2.45) is 0 Å². The molecule has 71 heavy (non-hydrogen) atoms. The molecule has 0 aliphatic carbocycles. The first kappa shape index (κ1) is 55.9. The molecule has 0 spiro atoms. The summed E-state index contributed by atoms with van der Waals surface area (Å²) in [5.41, 5.74) is 3.40. The molecular formula is C61H85NO9. The molecule has 4 aromatic carbocycles. The van der Waals surface area contributed by atoms with E-state index in [0.717, 1.165) is 41.5 Å². The number of hydrogen-bond acceptors (Lipinski definition) is 9. The van der Waals surface area contributed by atoms with Gasteiger partial charge in [-0.05, 0) is 63.3 Å². The molecule has 0 saturated carbocycles. The predicted octanol–water partition coefficient (Wildman–Crippen LogP) is 13.8. The van der Waals surface area contributed by atoms with Crippen LogP contribution in [0.4, 0.5) is 4.79 Å². The number of hydrogen-bond donors (Lipinski definition) is 1. The summed E-state index contributed by atoms with van der Waals surface area (Å²) < 4.78 is 53.8. The third kappa shape index (κ3) is 20.2. The van der Waals surface area contributed by atoms with E-state index in [4.69, 9.17) is 37.9 Å². The first-order valence-electron chi connectivity index (χ1n) is 26.7. The summed E-state index contributed by atoms with van der Waals surface area (Å²) in [5.74, 6) is -0.863. The van der Waals surface area contributed by atoms with Crippen molar-refractivity contribution in [2.75, 3.05) is 6.61 Å². The van der Waals surface area contributed by atoms with Gasteiger partial charge in [-0.1, -0.05) is 217 Å². The van der Waals surface area contributed by atoms with E-state index in [1.807, 2.05) is 120 Å². The van der Waals surface area contributed by atoms with Crippen molar-refractivity contribution < 1.29 is 42.7 Å². The Morgan fingerprint density at radius 3 is 1.54 bits per heavy atom. The molecule has 2 aliphatic rings. The molecular weight excluding hydrogens is 891 g/mol. The zero-order chi connectivity index (χ0) is 50.2. The largest absolute Gasteiger partial charge is 0.444 e. The molecule has 2 heterocycles. The topological polar surface area (TPSA) is 103 Å². The van der Waals surface area contributed by atoms with Crippen molar-refractivity contribution in [1.82, 2.24) is 5.32 Å². The minimum Gasteiger partial charge on any atom is -0.444 e. The van der Waals surface area contributed by atoms with E-state index in [1.165, 1.54) is 64.2 Å². The van der Waals surface area contributed by atoms with Gasteiger partial charge in [0.2, 0.25) is 0 Å². The molecule has 2 fully saturated rings. The molecule has 2 saturated heterocycles. The average molecular weight is 976 g/mol. The number of alkyl carbamates (subject to hydrolysis) is 1. The summed E-state index contributed by atoms with van der Waals surface area (Å²) in [6.07, 6.45) is 15.6. The van der Waals surface area contributed by atoms with Gasteiger partial charge in [0.25, 0.3) is 0 Å². The SMILES string of the molecule is CCCCCCCCCCCCCC[C@H]1OC(C)(C)O[C@H]1[C@H](/C=C/[C@H]1OC(COCc2ccccc2)[C@H](OCc2ccccc2)[C@H](OCc2ccccc2)C1OCc1ccccc1)NC(=O)OC(C)(C)C. The molecule has 0 radical (unpaired) electrons. The second-order valence-electron chi connectivity index (χ2n) is 20.8. The van der Waals surface area contributed by atoms with Crippen LogP contribution in [0.25, 0.3) is 0 Å². The highest BCUT2D eigenvalue weighted by molar-refractivity contribution is 5.68. The number of carbonyl (C=O) groups excluding carboxylic acids is 1. The molecule has 388 valence electrons. The van der Waals surface area contributed by atoms with Crippen LogP contribution < -0.4 is 5.32 Å². The highest BCUT2D eigenvalue weighted by Gasteiger charge is 2.49. The van der Waals surface area contributed by atoms with Crippen LogP contribution in [0, 0.1) is 0 Å². The maximum absolute atomic E-state index is 13.8. The number of unbranched alkanes of at least 4 members (excludes halogenated alkanes) is 11. The Balaban J connectivity index is 1.28. The molecule has 6 rings (SSSR count). The van der Waals surface area contributed by atoms with E-state index in [1.54, 1.807) is 0 Å². The van der Waals surface area contributed by atoms with Gasteiger partial charge in [0.05, 0.1) is 45.2 Å². The molecule has 10 nitrogen and oxygen atoms in total. The molecule has 4 aromatic rings. The van der Waals surface area contributed by atoms with Crippen LogP contribution in [0.3, 0.4) is 0 Å². The van der Waals surface area contributed by atoms with Crippen molar-refractivity contribution in [3.8, 4) is 0 Å². The van der Waals surface area contributed by atoms with Gasteiger partial charge >= 0.3 is 6.09 Å². The molecule has 1 amide bonds. The van der Waals surface area contributed by atoms with Crippen LogP contribution in [-0.4, -0.2) is 72.9 Å². The summed E-state index contributed by atoms with van der Waals surface area (Å²) >= 11 is 0. The summed E-state index contributed by atoms with van der Waals surface area (Å²) in [7, 11) is 0. The summed E-state index contributed by atoms with van der Waals surface area (Å²) in [6.45, 7) is 13.3. The van der Waals surface area contributed by atoms with E-state index in [0.29, 0.717) is 26.4 Å². The Morgan fingerprint density at radius 2 is 1.04 bits per heavy atom. The Bertz CT molecular complexity index is 2060. The Labute approximate surface area is 426 Å². The number of ether oxygens (including phenoxy) is 8. The Kier molecular flexibility index (Phi) is 23.6. The maximum atomic E-state index is 13.8. The fourth-order valence-electron chi connectivity index (χ4n) is 9.47. The zero-order valence-corrected chi connectivity index (χ0v) is 43.7. The van der Waals surface area contributed by atoms with Crippen LogP contribution in [0.15, 0.2) is 133 Å². The van der Waals surface area contributed by atoms with Crippen molar-refractivity contribution in [2.45, 2.75) is 212 Å². The van der Waals surface area contributed by atoms with Gasteiger partial charge in [0.15, 0.2) is 5.79 Å². The van der Waals surface area contributed by atoms with E-state index in [2.05, 4.69) is 60.8 Å². The van der Waals surface area contributed by atoms with Gasteiger partial charge in [-0.25, -0.2) is 4.79 Å². The molecule has 10 heteroatoms. The number of carbonyl (C=O) groups is 1. The minimum absolute atomic E-state index is 0.226. The summed E-state index contributed by atoms with van der Waals surface area (Å²) in [5, 5.41) is 3.18. The number of nitrogens with one attached hydrogen (secondary N) is 1. The molecule has 2 unspecified atom stereocenters. The van der Waals surface area contributed by atoms with Gasteiger partial charge in [-0.3, -0.25) is 0 Å². The third-order valence-electron chi connectivity index (χ3n) is 13.0. The summed E-state index contributed by atoms with van der Waals surface area (Å²) in [4.78, 5) is 13.8. The average Bonchev–Trinajstić information content (AvgIpc) is 3.68. The van der Waals surface area contributed by atoms with Crippen LogP contribution in [-0.2, 0) is 64.3 Å². The van der Waals surface area contributed by atoms with Crippen LogP contribution >= 0.6 is 0 Å². The zero-order valence-electron chi connectivity index (χ0n) is 43.7. The lowest BCUT2D eigenvalue weighted by Gasteiger charge is -2.45. The molecule has 2 aliphatic heterocycles. The number of rotatable bonds is 30. The quantitative estimate of drug-likeness (QED) is 0.0404. The third-order valence-corrected chi connectivity index (χ3v) is 13.0. The fraction of sp³-hybridized carbons (Fsp3) is 0.557. The van der Waals surface area contributed by atoms with Crippen LogP contribution in [0.5, 0.6) is 0 Å². The number of amides is 1. The highest BCUT2D eigenvalue weighted by atomic mass is 16.8. The molecule has 0 aromatic heterocycles. The second-order valence-corrected chi connectivity index (χ2v) is 20.8. The lowest BCUT2D eigenvalue weighted by atomic mass is 9.92. The lowest BCUT2D eigenvalue weighted by Crippen LogP contribution is -2.60. The van der Waals surface area contributed by atoms with Gasteiger partial charge in [-0.15, -0.1) is 0 Å². The lowest BCUT2D eigenvalue weighted by molar-refractivity contribution is -0.263. The van der Waals surface area contributed by atoms with Gasteiger partial charge in [0, 0.05) is 0 Å². The van der Waals surface area contributed by atoms with E-state index < -0.39 is 60.1 Å². The van der Waals surface area contributed by atoms with Crippen molar-refractivity contribution >= 4 is 6.09 Å².